The molecule has 0 saturated carbocycles. The van der Waals surface area contributed by atoms with Gasteiger partial charge in [0.2, 0.25) is 0 Å². The fourth-order valence-electron chi connectivity index (χ4n) is 1.81. The maximum absolute atomic E-state index is 13.6. The zero-order valence-corrected chi connectivity index (χ0v) is 12.4. The van der Waals surface area contributed by atoms with E-state index in [1.165, 1.54) is 25.3 Å². The van der Waals surface area contributed by atoms with Crippen molar-refractivity contribution in [2.45, 2.75) is 11.9 Å². The minimum atomic E-state index is -0.625. The molecule has 0 aromatic heterocycles. The third kappa shape index (κ3) is 3.10. The van der Waals surface area contributed by atoms with Gasteiger partial charge in [0.15, 0.2) is 11.5 Å². The maximum Gasteiger partial charge on any atom is 0.165 e. The van der Waals surface area contributed by atoms with Crippen LogP contribution in [0.1, 0.15) is 11.1 Å². The normalized spacial score (nSPS) is 10.4. The third-order valence-corrected chi connectivity index (χ3v) is 3.45. The Kier molecular flexibility index (Phi) is 4.95. The van der Waals surface area contributed by atoms with Gasteiger partial charge in [-0.25, -0.2) is 8.78 Å². The summed E-state index contributed by atoms with van der Waals surface area (Å²) in [4.78, 5) is 0. The second-order valence-electron chi connectivity index (χ2n) is 4.07. The van der Waals surface area contributed by atoms with E-state index in [2.05, 4.69) is 15.9 Å². The first-order valence-electron chi connectivity index (χ1n) is 5.95. The fraction of sp³-hybridized carbons (Fsp3) is 0.200. The minimum Gasteiger partial charge on any atom is -0.493 e. The molecule has 0 amide bonds. The molecule has 0 unspecified atom stereocenters. The van der Waals surface area contributed by atoms with Crippen molar-refractivity contribution in [1.82, 2.24) is 0 Å². The Morgan fingerprint density at radius 2 is 1.70 bits per heavy atom. The zero-order valence-electron chi connectivity index (χ0n) is 10.8. The topological polar surface area (TPSA) is 18.5 Å². The molecule has 2 aromatic rings. The molecule has 0 aliphatic carbocycles. The summed E-state index contributed by atoms with van der Waals surface area (Å²) in [6.07, 6.45) is 0. The third-order valence-electron chi connectivity index (χ3n) is 2.85. The predicted molar refractivity (Wildman–Crippen MR) is 76.3 cm³/mol. The van der Waals surface area contributed by atoms with Gasteiger partial charge in [-0.1, -0.05) is 34.1 Å². The second-order valence-corrected chi connectivity index (χ2v) is 4.63. The molecule has 0 N–H and O–H groups in total. The monoisotopic (exact) mass is 342 g/mol. The highest BCUT2D eigenvalue weighted by Crippen LogP contribution is 2.33. The van der Waals surface area contributed by atoms with Crippen LogP contribution in [0.15, 0.2) is 36.4 Å². The van der Waals surface area contributed by atoms with Crippen LogP contribution in [0.2, 0.25) is 0 Å². The van der Waals surface area contributed by atoms with Crippen molar-refractivity contribution in [3.63, 3.8) is 0 Å². The van der Waals surface area contributed by atoms with Crippen molar-refractivity contribution in [1.29, 1.82) is 0 Å². The number of methoxy groups -OCH3 is 1. The van der Waals surface area contributed by atoms with E-state index >= 15 is 0 Å². The van der Waals surface area contributed by atoms with Gasteiger partial charge in [-0.15, -0.1) is 0 Å². The van der Waals surface area contributed by atoms with E-state index in [9.17, 15) is 8.78 Å². The molecule has 0 atom stereocenters. The number of hydrogen-bond donors (Lipinski definition) is 0. The first-order chi connectivity index (χ1) is 9.67. The number of hydrogen-bond acceptors (Lipinski definition) is 2. The van der Waals surface area contributed by atoms with Crippen LogP contribution in [0.3, 0.4) is 0 Å². The Bertz CT molecular complexity index is 560. The predicted octanol–water partition coefficient (Wildman–Crippen LogP) is 4.45. The van der Waals surface area contributed by atoms with Crippen LogP contribution in [0.4, 0.5) is 8.78 Å². The van der Waals surface area contributed by atoms with E-state index in [1.807, 2.05) is 12.1 Å². The summed E-state index contributed by atoms with van der Waals surface area (Å²) in [7, 11) is 1.52. The molecule has 0 aliphatic rings. The van der Waals surface area contributed by atoms with Crippen molar-refractivity contribution in [3.8, 4) is 11.5 Å². The highest BCUT2D eigenvalue weighted by atomic mass is 79.9. The molecule has 0 bridgehead atoms. The molecular weight excluding hydrogens is 330 g/mol. The van der Waals surface area contributed by atoms with E-state index in [0.717, 1.165) is 5.56 Å². The van der Waals surface area contributed by atoms with Gasteiger partial charge in [-0.2, -0.15) is 0 Å². The van der Waals surface area contributed by atoms with Crippen LogP contribution in [-0.2, 0) is 11.9 Å². The lowest BCUT2D eigenvalue weighted by molar-refractivity contribution is 0.272. The molecule has 5 heteroatoms. The van der Waals surface area contributed by atoms with Crippen molar-refractivity contribution < 1.29 is 18.3 Å². The van der Waals surface area contributed by atoms with Gasteiger partial charge in [0.25, 0.3) is 0 Å². The number of halogens is 3. The van der Waals surface area contributed by atoms with Gasteiger partial charge >= 0.3 is 0 Å². The summed E-state index contributed by atoms with van der Waals surface area (Å²) >= 11 is 3.34. The molecule has 2 nitrogen and oxygen atoms in total. The van der Waals surface area contributed by atoms with Crippen LogP contribution < -0.4 is 9.47 Å². The lowest BCUT2D eigenvalue weighted by Crippen LogP contribution is -2.04. The second kappa shape index (κ2) is 6.70. The summed E-state index contributed by atoms with van der Waals surface area (Å²) < 4.78 is 37.9. The van der Waals surface area contributed by atoms with Crippen LogP contribution in [-0.4, -0.2) is 7.11 Å². The van der Waals surface area contributed by atoms with Crippen molar-refractivity contribution in [2.75, 3.05) is 7.11 Å². The molecule has 0 fully saturated rings. The average Bonchev–Trinajstić information content (AvgIpc) is 2.46. The van der Waals surface area contributed by atoms with Crippen LogP contribution in [0.25, 0.3) is 0 Å². The van der Waals surface area contributed by atoms with Gasteiger partial charge in [0.1, 0.15) is 18.2 Å². The van der Waals surface area contributed by atoms with Crippen LogP contribution >= 0.6 is 15.9 Å². The quantitative estimate of drug-likeness (QED) is 0.747. The van der Waals surface area contributed by atoms with Gasteiger partial charge in [-0.05, 0) is 18.2 Å². The molecule has 20 heavy (non-hydrogen) atoms. The minimum absolute atomic E-state index is 0.0982. The number of ether oxygens (including phenoxy) is 2. The molecular formula is C15H13BrF2O2. The van der Waals surface area contributed by atoms with Crippen molar-refractivity contribution >= 4 is 15.9 Å². The molecule has 0 saturated heterocycles. The Labute approximate surface area is 124 Å². The Morgan fingerprint density at radius 1 is 1.05 bits per heavy atom. The van der Waals surface area contributed by atoms with Crippen molar-refractivity contribution in [2.24, 2.45) is 0 Å². The first kappa shape index (κ1) is 14.8. The largest absolute Gasteiger partial charge is 0.493 e. The summed E-state index contributed by atoms with van der Waals surface area (Å²) in [6, 6.07) is 9.14. The van der Waals surface area contributed by atoms with Gasteiger partial charge < -0.3 is 9.47 Å². The highest BCUT2D eigenvalue weighted by Gasteiger charge is 2.13. The van der Waals surface area contributed by atoms with E-state index in [1.54, 1.807) is 6.07 Å². The van der Waals surface area contributed by atoms with E-state index in [-0.39, 0.29) is 12.2 Å². The average molecular weight is 343 g/mol. The number of alkyl halides is 1. The van der Waals surface area contributed by atoms with Gasteiger partial charge in [0, 0.05) is 10.9 Å². The standard InChI is InChI=1S/C15H13BrF2O2/c1-19-14-7-2-4-10(8-16)15(14)20-9-11-12(17)5-3-6-13(11)18/h2-7H,8-9H2,1H3. The zero-order chi connectivity index (χ0) is 14.5. The van der Waals surface area contributed by atoms with E-state index in [0.29, 0.717) is 16.8 Å². The van der Waals surface area contributed by atoms with Gasteiger partial charge in [-0.3, -0.25) is 0 Å². The first-order valence-corrected chi connectivity index (χ1v) is 7.07. The van der Waals surface area contributed by atoms with Crippen LogP contribution in [0, 0.1) is 11.6 Å². The lowest BCUT2D eigenvalue weighted by atomic mass is 10.2. The maximum atomic E-state index is 13.6. The summed E-state index contributed by atoms with van der Waals surface area (Å²) in [5.41, 5.74) is 0.750. The number of rotatable bonds is 5. The van der Waals surface area contributed by atoms with E-state index < -0.39 is 11.6 Å². The van der Waals surface area contributed by atoms with Crippen molar-refractivity contribution in [3.05, 3.63) is 59.2 Å². The number of para-hydroxylation sites is 1. The Balaban J connectivity index is 2.27. The molecule has 0 spiro atoms. The summed E-state index contributed by atoms with van der Waals surface area (Å²) in [5.74, 6) is -0.242. The molecule has 2 rings (SSSR count). The lowest BCUT2D eigenvalue weighted by Gasteiger charge is -2.14. The molecule has 0 heterocycles. The van der Waals surface area contributed by atoms with Crippen LogP contribution in [0.5, 0.6) is 11.5 Å². The number of benzene rings is 2. The smallest absolute Gasteiger partial charge is 0.165 e. The van der Waals surface area contributed by atoms with Gasteiger partial charge in [0.05, 0.1) is 12.7 Å². The molecule has 106 valence electrons. The Hall–Kier alpha value is -1.62. The summed E-state index contributed by atoms with van der Waals surface area (Å²) in [6.45, 7) is -0.196. The van der Waals surface area contributed by atoms with E-state index in [4.69, 9.17) is 9.47 Å². The SMILES string of the molecule is COc1cccc(CBr)c1OCc1c(F)cccc1F. The Morgan fingerprint density at radius 3 is 2.30 bits per heavy atom. The fourth-order valence-corrected chi connectivity index (χ4v) is 2.25. The molecule has 2 aromatic carbocycles. The highest BCUT2D eigenvalue weighted by molar-refractivity contribution is 9.08. The molecule has 0 aliphatic heterocycles. The summed E-state index contributed by atoms with van der Waals surface area (Å²) in [5, 5.41) is 0.555. The molecule has 0 radical (unpaired) electrons.